The van der Waals surface area contributed by atoms with E-state index in [2.05, 4.69) is 15.5 Å². The monoisotopic (exact) mass is 418 g/mol. The minimum absolute atomic E-state index is 0.0776. The SMILES string of the molecule is CN(C)S(=O)(=O)c1ccc(NC(=O)CSc2nnc(-c3ccccc3)o2)cc1. The molecule has 0 bridgehead atoms. The van der Waals surface area contributed by atoms with Gasteiger partial charge in [0.25, 0.3) is 5.22 Å². The predicted octanol–water partition coefficient (Wildman–Crippen LogP) is 2.72. The van der Waals surface area contributed by atoms with E-state index in [0.717, 1.165) is 21.6 Å². The fourth-order valence-electron chi connectivity index (χ4n) is 2.21. The average molecular weight is 419 g/mol. The van der Waals surface area contributed by atoms with Gasteiger partial charge in [0.2, 0.25) is 21.8 Å². The first-order valence-corrected chi connectivity index (χ1v) is 10.6. The van der Waals surface area contributed by atoms with E-state index in [9.17, 15) is 13.2 Å². The first-order valence-electron chi connectivity index (χ1n) is 8.20. The van der Waals surface area contributed by atoms with Gasteiger partial charge in [0.1, 0.15) is 0 Å². The zero-order valence-corrected chi connectivity index (χ0v) is 16.8. The third kappa shape index (κ3) is 4.77. The second-order valence-corrected chi connectivity index (χ2v) is 8.97. The summed E-state index contributed by atoms with van der Waals surface area (Å²) in [5, 5.41) is 10.9. The lowest BCUT2D eigenvalue weighted by atomic mass is 10.2. The van der Waals surface area contributed by atoms with Gasteiger partial charge in [-0.1, -0.05) is 30.0 Å². The number of aromatic nitrogens is 2. The van der Waals surface area contributed by atoms with E-state index in [1.165, 1.54) is 26.2 Å². The van der Waals surface area contributed by atoms with Crippen LogP contribution in [0.25, 0.3) is 11.5 Å². The molecule has 1 aromatic heterocycles. The van der Waals surface area contributed by atoms with E-state index in [1.54, 1.807) is 12.1 Å². The van der Waals surface area contributed by atoms with Gasteiger partial charge < -0.3 is 9.73 Å². The van der Waals surface area contributed by atoms with Crippen molar-refractivity contribution in [1.82, 2.24) is 14.5 Å². The molecular formula is C18H18N4O4S2. The summed E-state index contributed by atoms with van der Waals surface area (Å²) in [6.07, 6.45) is 0. The predicted molar refractivity (Wildman–Crippen MR) is 106 cm³/mol. The largest absolute Gasteiger partial charge is 0.411 e. The van der Waals surface area contributed by atoms with Crippen LogP contribution in [0.1, 0.15) is 0 Å². The summed E-state index contributed by atoms with van der Waals surface area (Å²) < 4.78 is 30.7. The minimum Gasteiger partial charge on any atom is -0.411 e. The Morgan fingerprint density at radius 1 is 1.07 bits per heavy atom. The second-order valence-electron chi connectivity index (χ2n) is 5.89. The van der Waals surface area contributed by atoms with Gasteiger partial charge in [-0.2, -0.15) is 0 Å². The number of nitrogens with one attached hydrogen (secondary N) is 1. The Kier molecular flexibility index (Phi) is 6.12. The maximum Gasteiger partial charge on any atom is 0.277 e. The molecule has 0 aliphatic rings. The van der Waals surface area contributed by atoms with Crippen molar-refractivity contribution in [1.29, 1.82) is 0 Å². The highest BCUT2D eigenvalue weighted by molar-refractivity contribution is 7.99. The van der Waals surface area contributed by atoms with Crippen molar-refractivity contribution in [3.8, 4) is 11.5 Å². The summed E-state index contributed by atoms with van der Waals surface area (Å²) in [7, 11) is -0.578. The number of carbonyl (C=O) groups excluding carboxylic acids is 1. The summed E-state index contributed by atoms with van der Waals surface area (Å²) in [6.45, 7) is 0. The Morgan fingerprint density at radius 2 is 1.75 bits per heavy atom. The highest BCUT2D eigenvalue weighted by atomic mass is 32.2. The fourth-order valence-corrected chi connectivity index (χ4v) is 3.68. The molecule has 146 valence electrons. The molecule has 0 unspecified atom stereocenters. The fraction of sp³-hybridized carbons (Fsp3) is 0.167. The Balaban J connectivity index is 1.56. The van der Waals surface area contributed by atoms with Crippen molar-refractivity contribution < 1.29 is 17.6 Å². The molecule has 28 heavy (non-hydrogen) atoms. The van der Waals surface area contributed by atoms with Gasteiger partial charge in [-0.25, -0.2) is 12.7 Å². The van der Waals surface area contributed by atoms with E-state index in [4.69, 9.17) is 4.42 Å². The Morgan fingerprint density at radius 3 is 2.39 bits per heavy atom. The normalized spacial score (nSPS) is 11.5. The van der Waals surface area contributed by atoms with E-state index >= 15 is 0 Å². The van der Waals surface area contributed by atoms with E-state index in [1.807, 2.05) is 30.3 Å². The number of benzene rings is 2. The lowest BCUT2D eigenvalue weighted by molar-refractivity contribution is -0.113. The van der Waals surface area contributed by atoms with Crippen LogP contribution in [-0.2, 0) is 14.8 Å². The molecule has 0 saturated carbocycles. The molecule has 0 atom stereocenters. The van der Waals surface area contributed by atoms with Crippen molar-refractivity contribution in [2.75, 3.05) is 25.2 Å². The van der Waals surface area contributed by atoms with Gasteiger partial charge in [-0.15, -0.1) is 10.2 Å². The number of hydrogen-bond donors (Lipinski definition) is 1. The zero-order valence-electron chi connectivity index (χ0n) is 15.2. The number of sulfonamides is 1. The van der Waals surface area contributed by atoms with Gasteiger partial charge in [0, 0.05) is 25.3 Å². The molecule has 2 aromatic carbocycles. The van der Waals surface area contributed by atoms with Crippen molar-refractivity contribution in [3.05, 3.63) is 54.6 Å². The molecule has 0 radical (unpaired) electrons. The molecule has 8 nitrogen and oxygen atoms in total. The molecule has 0 aliphatic heterocycles. The summed E-state index contributed by atoms with van der Waals surface area (Å²) in [4.78, 5) is 12.3. The van der Waals surface area contributed by atoms with E-state index in [0.29, 0.717) is 16.8 Å². The number of thioether (sulfide) groups is 1. The highest BCUT2D eigenvalue weighted by Crippen LogP contribution is 2.23. The number of nitrogens with zero attached hydrogens (tertiary/aromatic N) is 3. The van der Waals surface area contributed by atoms with Crippen molar-refractivity contribution in [2.45, 2.75) is 10.1 Å². The molecule has 0 aliphatic carbocycles. The van der Waals surface area contributed by atoms with Gasteiger partial charge in [-0.05, 0) is 36.4 Å². The van der Waals surface area contributed by atoms with E-state index < -0.39 is 10.0 Å². The molecule has 0 saturated heterocycles. The van der Waals surface area contributed by atoms with Gasteiger partial charge >= 0.3 is 0 Å². The third-order valence-corrected chi connectivity index (χ3v) is 6.32. The summed E-state index contributed by atoms with van der Waals surface area (Å²) in [5.41, 5.74) is 1.30. The quantitative estimate of drug-likeness (QED) is 0.588. The Bertz CT molecular complexity index is 1050. The molecular weight excluding hydrogens is 400 g/mol. The standard InChI is InChI=1S/C18H18N4O4S2/c1-22(2)28(24,25)15-10-8-14(9-11-15)19-16(23)12-27-18-21-20-17(26-18)13-6-4-3-5-7-13/h3-11H,12H2,1-2H3,(H,19,23). The number of hydrogen-bond acceptors (Lipinski definition) is 7. The maximum absolute atomic E-state index is 12.1. The number of rotatable bonds is 7. The van der Waals surface area contributed by atoms with Crippen LogP contribution in [0.3, 0.4) is 0 Å². The van der Waals surface area contributed by atoms with Crippen LogP contribution in [0.5, 0.6) is 0 Å². The van der Waals surface area contributed by atoms with Crippen LogP contribution in [-0.4, -0.2) is 48.7 Å². The molecule has 3 aromatic rings. The van der Waals surface area contributed by atoms with Crippen molar-refractivity contribution >= 4 is 33.4 Å². The van der Waals surface area contributed by atoms with Gasteiger partial charge in [-0.3, -0.25) is 4.79 Å². The average Bonchev–Trinajstić information content (AvgIpc) is 3.16. The van der Waals surface area contributed by atoms with Crippen LogP contribution >= 0.6 is 11.8 Å². The van der Waals surface area contributed by atoms with E-state index in [-0.39, 0.29) is 16.6 Å². The van der Waals surface area contributed by atoms with Crippen molar-refractivity contribution in [2.24, 2.45) is 0 Å². The molecule has 3 rings (SSSR count). The molecule has 0 fully saturated rings. The number of carbonyl (C=O) groups is 1. The van der Waals surface area contributed by atoms with Gasteiger partial charge in [0.15, 0.2) is 0 Å². The molecule has 1 N–H and O–H groups in total. The molecule has 1 amide bonds. The zero-order chi connectivity index (χ0) is 20.1. The van der Waals surface area contributed by atoms with Crippen LogP contribution < -0.4 is 5.32 Å². The van der Waals surface area contributed by atoms with Gasteiger partial charge in [0.05, 0.1) is 10.6 Å². The number of anilines is 1. The van der Waals surface area contributed by atoms with Crippen LogP contribution in [0, 0.1) is 0 Å². The minimum atomic E-state index is -3.50. The lowest BCUT2D eigenvalue weighted by Gasteiger charge is -2.11. The number of amides is 1. The highest BCUT2D eigenvalue weighted by Gasteiger charge is 2.17. The summed E-state index contributed by atoms with van der Waals surface area (Å²) in [5.74, 6) is 0.197. The smallest absolute Gasteiger partial charge is 0.277 e. The first kappa shape index (κ1) is 20.1. The lowest BCUT2D eigenvalue weighted by Crippen LogP contribution is -2.22. The topological polar surface area (TPSA) is 105 Å². The molecule has 0 spiro atoms. The molecule has 10 heteroatoms. The summed E-state index contributed by atoms with van der Waals surface area (Å²) in [6, 6.07) is 15.3. The van der Waals surface area contributed by atoms with Crippen LogP contribution in [0.15, 0.2) is 69.1 Å². The first-order chi connectivity index (χ1) is 13.4. The maximum atomic E-state index is 12.1. The second kappa shape index (κ2) is 8.55. The van der Waals surface area contributed by atoms with Crippen molar-refractivity contribution in [3.63, 3.8) is 0 Å². The Hall–Kier alpha value is -2.69. The van der Waals surface area contributed by atoms with Crippen LogP contribution in [0.4, 0.5) is 5.69 Å². The molecule has 1 heterocycles. The summed E-state index contributed by atoms with van der Waals surface area (Å²) >= 11 is 1.12. The third-order valence-electron chi connectivity index (χ3n) is 3.67. The Labute approximate surface area is 167 Å². The van der Waals surface area contributed by atoms with Crippen LogP contribution in [0.2, 0.25) is 0 Å².